The molecule has 0 heterocycles. The summed E-state index contributed by atoms with van der Waals surface area (Å²) in [6, 6.07) is 7.70. The van der Waals surface area contributed by atoms with Crippen molar-refractivity contribution in [1.82, 2.24) is 0 Å². The Hall–Kier alpha value is -1.02. The molecule has 0 amide bonds. The molecule has 1 aromatic carbocycles. The zero-order valence-corrected chi connectivity index (χ0v) is 13.1. The summed E-state index contributed by atoms with van der Waals surface area (Å²) in [6.07, 6.45) is 8.36. The highest BCUT2D eigenvalue weighted by molar-refractivity contribution is 5.28. The zero-order valence-electron chi connectivity index (χ0n) is 13.1. The summed E-state index contributed by atoms with van der Waals surface area (Å²) < 4.78 is 5.68. The average Bonchev–Trinajstić information content (AvgIpc) is 2.48. The van der Waals surface area contributed by atoms with Crippen LogP contribution in [0.15, 0.2) is 24.3 Å². The Morgan fingerprint density at radius 1 is 0.900 bits per heavy atom. The van der Waals surface area contributed by atoms with E-state index >= 15 is 0 Å². The number of hydrogen-bond donors (Lipinski definition) is 0. The highest BCUT2D eigenvalue weighted by atomic mass is 16.5. The second-order valence-corrected chi connectivity index (χ2v) is 5.46. The molecule has 0 saturated carbocycles. The van der Waals surface area contributed by atoms with Gasteiger partial charge in [-0.25, -0.2) is 5.11 Å². The smallest absolute Gasteiger partial charge is 0.119 e. The fraction of sp³-hybridized carbons (Fsp3) is 0.667. The van der Waals surface area contributed by atoms with Crippen molar-refractivity contribution in [3.05, 3.63) is 29.8 Å². The molecular weight excluding hydrogens is 248 g/mol. The van der Waals surface area contributed by atoms with E-state index in [2.05, 4.69) is 13.8 Å². The van der Waals surface area contributed by atoms with Crippen molar-refractivity contribution in [3.63, 3.8) is 0 Å². The van der Waals surface area contributed by atoms with Gasteiger partial charge < -0.3 is 4.74 Å². The van der Waals surface area contributed by atoms with Crippen molar-refractivity contribution < 1.29 is 9.84 Å². The first-order valence-corrected chi connectivity index (χ1v) is 8.16. The van der Waals surface area contributed by atoms with Crippen LogP contribution < -0.4 is 4.74 Å². The maximum absolute atomic E-state index is 12.0. The van der Waals surface area contributed by atoms with Crippen molar-refractivity contribution in [2.24, 2.45) is 0 Å². The Labute approximate surface area is 124 Å². The van der Waals surface area contributed by atoms with Crippen LogP contribution in [0.4, 0.5) is 0 Å². The topological polar surface area (TPSA) is 29.1 Å². The molecule has 113 valence electrons. The lowest BCUT2D eigenvalue weighted by Crippen LogP contribution is -1.99. The average molecular weight is 277 g/mol. The van der Waals surface area contributed by atoms with Gasteiger partial charge in [-0.05, 0) is 30.5 Å². The van der Waals surface area contributed by atoms with Gasteiger partial charge in [0.2, 0.25) is 0 Å². The molecule has 1 rings (SSSR count). The van der Waals surface area contributed by atoms with Gasteiger partial charge in [0, 0.05) is 0 Å². The molecule has 1 atom stereocenters. The van der Waals surface area contributed by atoms with Gasteiger partial charge in [-0.3, -0.25) is 0 Å². The molecule has 1 radical (unpaired) electrons. The molecule has 0 aliphatic rings. The summed E-state index contributed by atoms with van der Waals surface area (Å²) in [5, 5.41) is 12.0. The van der Waals surface area contributed by atoms with Crippen molar-refractivity contribution in [2.75, 3.05) is 6.61 Å². The van der Waals surface area contributed by atoms with Crippen LogP contribution in [0.25, 0.3) is 0 Å². The van der Waals surface area contributed by atoms with Crippen LogP contribution in [0.5, 0.6) is 5.75 Å². The van der Waals surface area contributed by atoms with Crippen LogP contribution in [-0.2, 0) is 5.11 Å². The first kappa shape index (κ1) is 17.0. The molecule has 0 spiro atoms. The van der Waals surface area contributed by atoms with Gasteiger partial charge in [0.05, 0.1) is 6.61 Å². The van der Waals surface area contributed by atoms with Crippen LogP contribution in [0.1, 0.15) is 76.9 Å². The Morgan fingerprint density at radius 2 is 1.55 bits per heavy atom. The lowest BCUT2D eigenvalue weighted by atomic mass is 10.0. The Balaban J connectivity index is 2.28. The standard InChI is InChI=1S/C18H29O2/c1-3-5-7-9-15-20-17-13-11-16(12-14-17)18(19)10-8-6-4-2/h11-14,18H,3-10,15H2,1-2H3. The molecular formula is C18H29O2. The first-order valence-electron chi connectivity index (χ1n) is 8.16. The fourth-order valence-electron chi connectivity index (χ4n) is 2.24. The summed E-state index contributed by atoms with van der Waals surface area (Å²) in [4.78, 5) is 0. The second-order valence-electron chi connectivity index (χ2n) is 5.46. The third-order valence-corrected chi connectivity index (χ3v) is 3.59. The molecule has 2 heteroatoms. The predicted molar refractivity (Wildman–Crippen MR) is 83.6 cm³/mol. The van der Waals surface area contributed by atoms with E-state index in [1.165, 1.54) is 19.3 Å². The fourth-order valence-corrected chi connectivity index (χ4v) is 2.24. The minimum Gasteiger partial charge on any atom is -0.494 e. The molecule has 0 N–H and O–H groups in total. The molecule has 0 aromatic heterocycles. The number of ether oxygens (including phenoxy) is 1. The minimum absolute atomic E-state index is 0.583. The highest BCUT2D eigenvalue weighted by Gasteiger charge is 2.08. The maximum Gasteiger partial charge on any atom is 0.119 e. The third kappa shape index (κ3) is 6.95. The molecule has 0 aliphatic heterocycles. The van der Waals surface area contributed by atoms with Crippen LogP contribution in [0, 0.1) is 0 Å². The first-order chi connectivity index (χ1) is 9.77. The normalized spacial score (nSPS) is 12.3. The van der Waals surface area contributed by atoms with Gasteiger partial charge in [0.15, 0.2) is 0 Å². The van der Waals surface area contributed by atoms with Crippen LogP contribution in [-0.4, -0.2) is 6.61 Å². The summed E-state index contributed by atoms with van der Waals surface area (Å²) in [5.74, 6) is 0.881. The summed E-state index contributed by atoms with van der Waals surface area (Å²) in [5.41, 5.74) is 0.888. The van der Waals surface area contributed by atoms with E-state index in [-0.39, 0.29) is 0 Å². The van der Waals surface area contributed by atoms with Crippen LogP contribution in [0.2, 0.25) is 0 Å². The molecule has 1 aromatic rings. The second kappa shape index (κ2) is 10.7. The van der Waals surface area contributed by atoms with Gasteiger partial charge >= 0.3 is 0 Å². The van der Waals surface area contributed by atoms with Gasteiger partial charge in [0.25, 0.3) is 0 Å². The number of hydrogen-bond acceptors (Lipinski definition) is 1. The van der Waals surface area contributed by atoms with Gasteiger partial charge in [-0.2, -0.15) is 0 Å². The maximum atomic E-state index is 12.0. The molecule has 0 bridgehead atoms. The van der Waals surface area contributed by atoms with Gasteiger partial charge in [-0.15, -0.1) is 0 Å². The van der Waals surface area contributed by atoms with E-state index in [9.17, 15) is 5.11 Å². The molecule has 1 unspecified atom stereocenters. The number of unbranched alkanes of at least 4 members (excludes halogenated alkanes) is 5. The van der Waals surface area contributed by atoms with Crippen molar-refractivity contribution in [3.8, 4) is 5.75 Å². The van der Waals surface area contributed by atoms with Crippen molar-refractivity contribution in [1.29, 1.82) is 0 Å². The highest BCUT2D eigenvalue weighted by Crippen LogP contribution is 2.23. The summed E-state index contributed by atoms with van der Waals surface area (Å²) >= 11 is 0. The lowest BCUT2D eigenvalue weighted by molar-refractivity contribution is 0.0786. The van der Waals surface area contributed by atoms with Gasteiger partial charge in [0.1, 0.15) is 11.9 Å². The van der Waals surface area contributed by atoms with Gasteiger partial charge in [-0.1, -0.05) is 64.5 Å². The van der Waals surface area contributed by atoms with Crippen LogP contribution >= 0.6 is 0 Å². The van der Waals surface area contributed by atoms with E-state index in [0.717, 1.165) is 50.0 Å². The minimum atomic E-state index is -0.583. The molecule has 0 saturated heterocycles. The zero-order chi connectivity index (χ0) is 14.6. The molecule has 0 fully saturated rings. The number of rotatable bonds is 11. The predicted octanol–water partition coefficient (Wildman–Crippen LogP) is 5.70. The largest absolute Gasteiger partial charge is 0.494 e. The quantitative estimate of drug-likeness (QED) is 0.477. The van der Waals surface area contributed by atoms with E-state index in [1.54, 1.807) is 0 Å². The van der Waals surface area contributed by atoms with Crippen LogP contribution in [0.3, 0.4) is 0 Å². The van der Waals surface area contributed by atoms with Crippen molar-refractivity contribution in [2.45, 2.75) is 71.3 Å². The van der Waals surface area contributed by atoms with E-state index in [4.69, 9.17) is 4.74 Å². The molecule has 2 nitrogen and oxygen atoms in total. The summed E-state index contributed by atoms with van der Waals surface area (Å²) in [7, 11) is 0. The Morgan fingerprint density at radius 3 is 2.20 bits per heavy atom. The molecule has 20 heavy (non-hydrogen) atoms. The van der Waals surface area contributed by atoms with E-state index in [1.807, 2.05) is 24.3 Å². The Bertz CT molecular complexity index is 332. The lowest BCUT2D eigenvalue weighted by Gasteiger charge is -2.10. The van der Waals surface area contributed by atoms with Crippen molar-refractivity contribution >= 4 is 0 Å². The van der Waals surface area contributed by atoms with E-state index in [0.29, 0.717) is 0 Å². The third-order valence-electron chi connectivity index (χ3n) is 3.59. The monoisotopic (exact) mass is 277 g/mol. The summed E-state index contributed by atoms with van der Waals surface area (Å²) in [6.45, 7) is 5.14. The van der Waals surface area contributed by atoms with E-state index < -0.39 is 6.10 Å². The Kier molecular flexibility index (Phi) is 9.14. The SMILES string of the molecule is CCCCCCOc1ccc(C([O])CCCCC)cc1. The molecule has 0 aliphatic carbocycles. The number of benzene rings is 1.